The molecule has 1 atom stereocenters. The highest BCUT2D eigenvalue weighted by Gasteiger charge is 2.27. The fourth-order valence-electron chi connectivity index (χ4n) is 1.14. The van der Waals surface area contributed by atoms with E-state index in [0.29, 0.717) is 6.08 Å². The third-order valence-corrected chi connectivity index (χ3v) is 2.76. The average molecular weight is 256 g/mol. The van der Waals surface area contributed by atoms with Crippen molar-refractivity contribution < 1.29 is 19.5 Å². The number of nitrogens with zero attached hydrogens (tertiary/aromatic N) is 1. The minimum absolute atomic E-state index is 0.0752. The highest BCUT2D eigenvalue weighted by Crippen LogP contribution is 2.22. The van der Waals surface area contributed by atoms with Gasteiger partial charge in [0.05, 0.1) is 0 Å². The number of aliphatic carboxylic acids is 1. The van der Waals surface area contributed by atoms with Crippen LogP contribution in [0.2, 0.25) is 0 Å². The van der Waals surface area contributed by atoms with Crippen molar-refractivity contribution in [1.29, 1.82) is 0 Å². The summed E-state index contributed by atoms with van der Waals surface area (Å²) in [6.07, 6.45) is 1.48. The van der Waals surface area contributed by atoms with Gasteiger partial charge in [0.2, 0.25) is 0 Å². The lowest BCUT2D eigenvalue weighted by molar-refractivity contribution is -0.131. The molecule has 6 heteroatoms. The van der Waals surface area contributed by atoms with Crippen LogP contribution in [0.1, 0.15) is 27.7 Å². The summed E-state index contributed by atoms with van der Waals surface area (Å²) >= 11 is 0. The normalized spacial score (nSPS) is 13.2. The van der Waals surface area contributed by atoms with Crippen molar-refractivity contribution in [1.82, 2.24) is 10.2 Å². The molecule has 0 aromatic rings. The Bertz CT molecular complexity index is 369. The lowest BCUT2D eigenvalue weighted by Crippen LogP contribution is -2.48. The molecule has 0 aliphatic rings. The van der Waals surface area contributed by atoms with Crippen LogP contribution in [0.25, 0.3) is 0 Å². The van der Waals surface area contributed by atoms with Gasteiger partial charge in [-0.15, -0.1) is 0 Å². The van der Waals surface area contributed by atoms with Crippen LogP contribution in [-0.2, 0) is 9.59 Å². The molecule has 102 valence electrons. The molecular weight excluding hydrogens is 236 g/mol. The highest BCUT2D eigenvalue weighted by atomic mass is 16.4. The Kier molecular flexibility index (Phi) is 5.55. The summed E-state index contributed by atoms with van der Waals surface area (Å²) in [7, 11) is 1.58. The summed E-state index contributed by atoms with van der Waals surface area (Å²) in [5, 5.41) is 10.4. The van der Waals surface area contributed by atoms with Crippen molar-refractivity contribution in [2.45, 2.75) is 33.7 Å². The van der Waals surface area contributed by atoms with Crippen molar-refractivity contribution in [3.63, 3.8) is 0 Å². The summed E-state index contributed by atoms with van der Waals surface area (Å²) in [6.45, 7) is 7.81. The number of imide groups is 1. The molecule has 0 heterocycles. The molecule has 0 bridgehead atoms. The molecule has 0 rings (SSSR count). The highest BCUT2D eigenvalue weighted by molar-refractivity contribution is 6.02. The Labute approximate surface area is 107 Å². The second-order valence-corrected chi connectivity index (χ2v) is 5.12. The quantitative estimate of drug-likeness (QED) is 0.743. The van der Waals surface area contributed by atoms with Crippen molar-refractivity contribution in [2.75, 3.05) is 7.05 Å². The molecule has 0 aromatic carbocycles. The zero-order valence-corrected chi connectivity index (χ0v) is 11.4. The van der Waals surface area contributed by atoms with Gasteiger partial charge in [-0.3, -0.25) is 10.1 Å². The van der Waals surface area contributed by atoms with Crippen LogP contribution in [0.3, 0.4) is 0 Å². The molecular formula is C12H20N2O4. The van der Waals surface area contributed by atoms with Gasteiger partial charge in [0.1, 0.15) is 0 Å². The van der Waals surface area contributed by atoms with Crippen LogP contribution in [-0.4, -0.2) is 41.0 Å². The largest absolute Gasteiger partial charge is 0.478 e. The molecule has 0 aliphatic carbocycles. The second kappa shape index (κ2) is 6.18. The van der Waals surface area contributed by atoms with Gasteiger partial charge in [-0.25, -0.2) is 9.59 Å². The topological polar surface area (TPSA) is 86.7 Å². The smallest absolute Gasteiger partial charge is 0.328 e. The third kappa shape index (κ3) is 5.47. The van der Waals surface area contributed by atoms with Gasteiger partial charge < -0.3 is 10.0 Å². The predicted octanol–water partition coefficient (Wildman–Crippen LogP) is 1.23. The predicted molar refractivity (Wildman–Crippen MR) is 67.0 cm³/mol. The minimum Gasteiger partial charge on any atom is -0.478 e. The molecule has 6 nitrogen and oxygen atoms in total. The molecule has 0 aliphatic heterocycles. The molecule has 0 saturated carbocycles. The van der Waals surface area contributed by atoms with E-state index in [-0.39, 0.29) is 11.5 Å². The zero-order chi connectivity index (χ0) is 14.5. The van der Waals surface area contributed by atoms with Crippen LogP contribution < -0.4 is 5.32 Å². The number of carboxylic acids is 1. The van der Waals surface area contributed by atoms with Gasteiger partial charge in [-0.05, 0) is 12.3 Å². The summed E-state index contributed by atoms with van der Waals surface area (Å²) in [6, 6.07) is -0.633. The maximum absolute atomic E-state index is 11.7. The summed E-state index contributed by atoms with van der Waals surface area (Å²) < 4.78 is 0. The maximum atomic E-state index is 11.7. The van der Waals surface area contributed by atoms with Crippen molar-refractivity contribution in [3.05, 3.63) is 12.2 Å². The molecule has 2 N–H and O–H groups in total. The van der Waals surface area contributed by atoms with E-state index >= 15 is 0 Å². The van der Waals surface area contributed by atoms with E-state index in [4.69, 9.17) is 5.11 Å². The van der Waals surface area contributed by atoms with E-state index in [2.05, 4.69) is 5.32 Å². The van der Waals surface area contributed by atoms with Gasteiger partial charge in [0.25, 0.3) is 5.91 Å². The minimum atomic E-state index is -1.24. The Morgan fingerprint density at radius 1 is 1.22 bits per heavy atom. The van der Waals surface area contributed by atoms with Gasteiger partial charge in [-0.2, -0.15) is 0 Å². The monoisotopic (exact) mass is 256 g/mol. The van der Waals surface area contributed by atoms with Gasteiger partial charge in [-0.1, -0.05) is 20.8 Å². The molecule has 0 radical (unpaired) electrons. The molecule has 1 unspecified atom stereocenters. The number of carboxylic acid groups (broad SMARTS) is 1. The van der Waals surface area contributed by atoms with Crippen molar-refractivity contribution in [3.8, 4) is 0 Å². The van der Waals surface area contributed by atoms with Gasteiger partial charge in [0, 0.05) is 25.2 Å². The number of rotatable bonds is 3. The van der Waals surface area contributed by atoms with E-state index in [1.807, 2.05) is 27.7 Å². The Balaban J connectivity index is 4.50. The summed E-state index contributed by atoms with van der Waals surface area (Å²) in [5.74, 6) is -2.00. The first kappa shape index (κ1) is 16.1. The Morgan fingerprint density at radius 2 is 1.72 bits per heavy atom. The Hall–Kier alpha value is -1.85. The molecule has 18 heavy (non-hydrogen) atoms. The Morgan fingerprint density at radius 3 is 2.11 bits per heavy atom. The maximum Gasteiger partial charge on any atom is 0.328 e. The molecule has 0 aromatic heterocycles. The van der Waals surface area contributed by atoms with Crippen LogP contribution in [0.4, 0.5) is 4.79 Å². The number of nitrogens with one attached hydrogen (secondary N) is 1. The van der Waals surface area contributed by atoms with E-state index in [1.165, 1.54) is 4.90 Å². The van der Waals surface area contributed by atoms with E-state index in [9.17, 15) is 14.4 Å². The lowest BCUT2D eigenvalue weighted by atomic mass is 9.87. The van der Waals surface area contributed by atoms with Crippen LogP contribution in [0.5, 0.6) is 0 Å². The number of carbonyl (C=O) groups is 3. The van der Waals surface area contributed by atoms with E-state index in [0.717, 1.165) is 6.08 Å². The summed E-state index contributed by atoms with van der Waals surface area (Å²) in [5.41, 5.74) is -0.119. The van der Waals surface area contributed by atoms with Crippen molar-refractivity contribution in [2.24, 2.45) is 5.41 Å². The second-order valence-electron chi connectivity index (χ2n) is 5.12. The van der Waals surface area contributed by atoms with Crippen LogP contribution in [0, 0.1) is 5.41 Å². The number of hydrogen-bond acceptors (Lipinski definition) is 3. The third-order valence-electron chi connectivity index (χ3n) is 2.76. The average Bonchev–Trinajstić information content (AvgIpc) is 2.22. The zero-order valence-electron chi connectivity index (χ0n) is 11.4. The SMILES string of the molecule is CC(N(C)C(=O)NC(=O)C=CC(=O)O)C(C)(C)C. The number of hydrogen-bond donors (Lipinski definition) is 2. The number of carbonyl (C=O) groups excluding carboxylic acids is 2. The number of amides is 3. The molecule has 3 amide bonds. The summed E-state index contributed by atoms with van der Waals surface area (Å²) in [4.78, 5) is 34.5. The van der Waals surface area contributed by atoms with E-state index < -0.39 is 17.9 Å². The fraction of sp³-hybridized carbons (Fsp3) is 0.583. The van der Waals surface area contributed by atoms with E-state index in [1.54, 1.807) is 7.05 Å². The molecule has 0 spiro atoms. The van der Waals surface area contributed by atoms with Gasteiger partial charge in [0.15, 0.2) is 0 Å². The number of urea groups is 1. The first-order chi connectivity index (χ1) is 8.05. The molecule has 0 saturated heterocycles. The lowest BCUT2D eigenvalue weighted by Gasteiger charge is -2.35. The molecule has 0 fully saturated rings. The van der Waals surface area contributed by atoms with Crippen molar-refractivity contribution >= 4 is 17.9 Å². The van der Waals surface area contributed by atoms with Crippen LogP contribution >= 0.6 is 0 Å². The standard InChI is InChI=1S/C12H20N2O4/c1-8(12(2,3)4)14(5)11(18)13-9(15)6-7-10(16)17/h6-8H,1-5H3,(H,16,17)(H,13,15,18). The van der Waals surface area contributed by atoms with Crippen LogP contribution in [0.15, 0.2) is 12.2 Å². The van der Waals surface area contributed by atoms with Gasteiger partial charge >= 0.3 is 12.0 Å². The fourth-order valence-corrected chi connectivity index (χ4v) is 1.14. The first-order valence-corrected chi connectivity index (χ1v) is 5.54. The first-order valence-electron chi connectivity index (χ1n) is 5.54.